The van der Waals surface area contributed by atoms with E-state index in [0.717, 1.165) is 11.3 Å². The van der Waals surface area contributed by atoms with Crippen molar-refractivity contribution in [3.8, 4) is 11.3 Å². The third-order valence-electron chi connectivity index (χ3n) is 3.35. The molecule has 2 aromatic heterocycles. The fourth-order valence-corrected chi connectivity index (χ4v) is 2.58. The van der Waals surface area contributed by atoms with Crippen molar-refractivity contribution in [1.82, 2.24) is 10.4 Å². The third-order valence-corrected chi connectivity index (χ3v) is 3.90. The van der Waals surface area contributed by atoms with Gasteiger partial charge in [0.15, 0.2) is 0 Å². The number of halogens is 2. The van der Waals surface area contributed by atoms with Crippen molar-refractivity contribution in [1.29, 1.82) is 0 Å². The lowest BCUT2D eigenvalue weighted by Gasteiger charge is -2.01. The van der Waals surface area contributed by atoms with Gasteiger partial charge in [-0.05, 0) is 49.4 Å². The molecule has 0 unspecified atom stereocenters. The molecule has 5 nitrogen and oxygen atoms in total. The summed E-state index contributed by atoms with van der Waals surface area (Å²) in [5.74, 6) is 0.705. The van der Waals surface area contributed by atoms with Gasteiger partial charge in [-0.15, -0.1) is 0 Å². The fourth-order valence-electron chi connectivity index (χ4n) is 2.08. The molecule has 126 valence electrons. The predicted molar refractivity (Wildman–Crippen MR) is 98.2 cm³/mol. The molecule has 0 saturated heterocycles. The minimum absolute atomic E-state index is 0.351. The summed E-state index contributed by atoms with van der Waals surface area (Å²) >= 11 is 12.0. The Labute approximate surface area is 154 Å². The molecule has 7 heteroatoms. The Bertz CT molecular complexity index is 934. The van der Waals surface area contributed by atoms with Crippen molar-refractivity contribution in [2.75, 3.05) is 0 Å². The molecule has 0 aliphatic carbocycles. The topological polar surface area (TPSA) is 67.5 Å². The monoisotopic (exact) mass is 373 g/mol. The van der Waals surface area contributed by atoms with E-state index >= 15 is 0 Å². The highest BCUT2D eigenvalue weighted by molar-refractivity contribution is 6.36. The summed E-state index contributed by atoms with van der Waals surface area (Å²) in [6, 6.07) is 12.1. The maximum absolute atomic E-state index is 11.9. The molecule has 0 spiro atoms. The van der Waals surface area contributed by atoms with Gasteiger partial charge in [-0.3, -0.25) is 9.78 Å². The normalized spacial score (nSPS) is 11.0. The summed E-state index contributed by atoms with van der Waals surface area (Å²) in [5, 5.41) is 4.93. The first-order chi connectivity index (χ1) is 12.0. The average molecular weight is 374 g/mol. The van der Waals surface area contributed by atoms with Crippen LogP contribution in [-0.4, -0.2) is 17.1 Å². The first-order valence-corrected chi connectivity index (χ1v) is 8.10. The third kappa shape index (κ3) is 4.26. The zero-order valence-electron chi connectivity index (χ0n) is 13.2. The number of hydrogen-bond acceptors (Lipinski definition) is 4. The Hall–Kier alpha value is -2.63. The lowest BCUT2D eigenvalue weighted by Crippen LogP contribution is -2.17. The fraction of sp³-hybridized carbons (Fsp3) is 0.0556. The number of carbonyl (C=O) groups excluding carboxylic acids is 1. The highest BCUT2D eigenvalue weighted by atomic mass is 35.5. The second-order valence-corrected chi connectivity index (χ2v) is 6.06. The van der Waals surface area contributed by atoms with Gasteiger partial charge in [0.25, 0.3) is 5.91 Å². The predicted octanol–water partition coefficient (Wildman–Crippen LogP) is 4.72. The van der Waals surface area contributed by atoms with Crippen molar-refractivity contribution in [3.63, 3.8) is 0 Å². The summed E-state index contributed by atoms with van der Waals surface area (Å²) in [6.45, 7) is 1.85. The van der Waals surface area contributed by atoms with Gasteiger partial charge in [0.1, 0.15) is 11.5 Å². The first kappa shape index (κ1) is 17.2. The van der Waals surface area contributed by atoms with Crippen LogP contribution in [0.5, 0.6) is 0 Å². The smallest absolute Gasteiger partial charge is 0.272 e. The number of hydrogen-bond donors (Lipinski definition) is 1. The molecule has 0 aliphatic rings. The van der Waals surface area contributed by atoms with Crippen LogP contribution in [0.2, 0.25) is 10.0 Å². The van der Waals surface area contributed by atoms with Gasteiger partial charge in [-0.25, -0.2) is 5.43 Å². The van der Waals surface area contributed by atoms with Crippen LogP contribution in [-0.2, 0) is 0 Å². The molecule has 3 aromatic rings. The molecule has 2 heterocycles. The highest BCUT2D eigenvalue weighted by Gasteiger charge is 2.09. The van der Waals surface area contributed by atoms with Gasteiger partial charge in [-0.2, -0.15) is 5.10 Å². The number of furan rings is 1. The van der Waals surface area contributed by atoms with E-state index in [-0.39, 0.29) is 5.91 Å². The number of nitrogens with one attached hydrogen (secondary N) is 1. The number of pyridine rings is 1. The molecular formula is C18H13Cl2N3O2. The Morgan fingerprint density at radius 3 is 2.76 bits per heavy atom. The quantitative estimate of drug-likeness (QED) is 0.531. The molecule has 1 amide bonds. The second-order valence-electron chi connectivity index (χ2n) is 5.21. The SMILES string of the molecule is Cc1ccc(C(=O)N/N=C/c2ccc(-c3ccc(Cl)cc3Cl)o2)cn1. The van der Waals surface area contributed by atoms with E-state index in [0.29, 0.717) is 27.1 Å². The van der Waals surface area contributed by atoms with Crippen LogP contribution in [0, 0.1) is 6.92 Å². The van der Waals surface area contributed by atoms with E-state index in [2.05, 4.69) is 15.5 Å². The molecule has 1 aromatic carbocycles. The van der Waals surface area contributed by atoms with Crippen molar-refractivity contribution in [2.45, 2.75) is 6.92 Å². The molecule has 0 atom stereocenters. The standard InChI is InChI=1S/C18H13Cl2N3O2/c1-11-2-3-12(9-21-11)18(24)23-22-10-14-5-7-17(25-14)15-6-4-13(19)8-16(15)20/h2-10H,1H3,(H,23,24)/b22-10+. The van der Waals surface area contributed by atoms with Gasteiger partial charge in [-0.1, -0.05) is 23.2 Å². The highest BCUT2D eigenvalue weighted by Crippen LogP contribution is 2.31. The number of hydrazone groups is 1. The van der Waals surface area contributed by atoms with E-state index in [1.807, 2.05) is 6.92 Å². The van der Waals surface area contributed by atoms with E-state index in [1.54, 1.807) is 42.5 Å². The minimum Gasteiger partial charge on any atom is -0.455 e. The van der Waals surface area contributed by atoms with Crippen molar-refractivity contribution < 1.29 is 9.21 Å². The van der Waals surface area contributed by atoms with Crippen LogP contribution in [0.4, 0.5) is 0 Å². The van der Waals surface area contributed by atoms with E-state index in [1.165, 1.54) is 12.4 Å². The zero-order valence-corrected chi connectivity index (χ0v) is 14.7. The molecule has 1 N–H and O–H groups in total. The minimum atomic E-state index is -0.351. The summed E-state index contributed by atoms with van der Waals surface area (Å²) in [4.78, 5) is 16.0. The van der Waals surface area contributed by atoms with Crippen LogP contribution < -0.4 is 5.43 Å². The van der Waals surface area contributed by atoms with Crippen molar-refractivity contribution in [2.24, 2.45) is 5.10 Å². The molecule has 0 aliphatic heterocycles. The van der Waals surface area contributed by atoms with Gasteiger partial charge in [0, 0.05) is 22.5 Å². The second kappa shape index (κ2) is 7.51. The summed E-state index contributed by atoms with van der Waals surface area (Å²) in [7, 11) is 0. The molecule has 0 bridgehead atoms. The maximum atomic E-state index is 11.9. The number of aromatic nitrogens is 1. The summed E-state index contributed by atoms with van der Waals surface area (Å²) < 4.78 is 5.65. The van der Waals surface area contributed by atoms with Crippen LogP contribution in [0.3, 0.4) is 0 Å². The number of rotatable bonds is 4. The van der Waals surface area contributed by atoms with E-state index in [4.69, 9.17) is 27.6 Å². The van der Waals surface area contributed by atoms with Crippen LogP contribution in [0.1, 0.15) is 21.8 Å². The van der Waals surface area contributed by atoms with E-state index in [9.17, 15) is 4.79 Å². The molecule has 25 heavy (non-hydrogen) atoms. The Balaban J connectivity index is 1.67. The zero-order chi connectivity index (χ0) is 17.8. The number of benzene rings is 1. The van der Waals surface area contributed by atoms with Crippen LogP contribution in [0.15, 0.2) is 58.2 Å². The molecule has 0 radical (unpaired) electrons. The van der Waals surface area contributed by atoms with Gasteiger partial charge in [0.2, 0.25) is 0 Å². The number of nitrogens with zero attached hydrogens (tertiary/aromatic N) is 2. The lowest BCUT2D eigenvalue weighted by molar-refractivity contribution is 0.0954. The average Bonchev–Trinajstić information content (AvgIpc) is 3.04. The van der Waals surface area contributed by atoms with Crippen molar-refractivity contribution >= 4 is 35.3 Å². The molecular weight excluding hydrogens is 361 g/mol. The summed E-state index contributed by atoms with van der Waals surface area (Å²) in [5.41, 5.74) is 4.41. The first-order valence-electron chi connectivity index (χ1n) is 7.34. The van der Waals surface area contributed by atoms with Crippen LogP contribution >= 0.6 is 23.2 Å². The molecule has 0 fully saturated rings. The lowest BCUT2D eigenvalue weighted by atomic mass is 10.2. The van der Waals surface area contributed by atoms with Gasteiger partial charge >= 0.3 is 0 Å². The number of aryl methyl sites for hydroxylation is 1. The largest absolute Gasteiger partial charge is 0.455 e. The van der Waals surface area contributed by atoms with Gasteiger partial charge in [0.05, 0.1) is 16.8 Å². The van der Waals surface area contributed by atoms with E-state index < -0.39 is 0 Å². The van der Waals surface area contributed by atoms with Gasteiger partial charge < -0.3 is 4.42 Å². The number of carbonyl (C=O) groups is 1. The number of amides is 1. The summed E-state index contributed by atoms with van der Waals surface area (Å²) in [6.07, 6.45) is 2.90. The maximum Gasteiger partial charge on any atom is 0.272 e. The Morgan fingerprint density at radius 2 is 2.04 bits per heavy atom. The van der Waals surface area contributed by atoms with Crippen molar-refractivity contribution in [3.05, 3.63) is 75.7 Å². The van der Waals surface area contributed by atoms with Crippen LogP contribution in [0.25, 0.3) is 11.3 Å². The molecule has 0 saturated carbocycles. The Kier molecular flexibility index (Phi) is 5.16. The Morgan fingerprint density at radius 1 is 1.20 bits per heavy atom. The molecule has 3 rings (SSSR count).